The summed E-state index contributed by atoms with van der Waals surface area (Å²) in [7, 11) is -3.90. The molecule has 1 aromatic carbocycles. The number of nitrogens with zero attached hydrogens (tertiary/aromatic N) is 1. The lowest BCUT2D eigenvalue weighted by atomic mass is 10.1. The fourth-order valence-electron chi connectivity index (χ4n) is 2.36. The molecule has 0 bridgehead atoms. The average molecular weight is 336 g/mol. The Kier molecular flexibility index (Phi) is 6.09. The van der Waals surface area contributed by atoms with Crippen LogP contribution in [-0.2, 0) is 10.0 Å². The third-order valence-electron chi connectivity index (χ3n) is 3.28. The molecule has 1 unspecified atom stereocenters. The van der Waals surface area contributed by atoms with Crippen molar-refractivity contribution >= 4 is 28.1 Å². The monoisotopic (exact) mass is 335 g/mol. The average Bonchev–Trinajstić information content (AvgIpc) is 2.38. The van der Waals surface area contributed by atoms with Gasteiger partial charge < -0.3 is 5.32 Å². The predicted molar refractivity (Wildman–Crippen MR) is 81.3 cm³/mol. The van der Waals surface area contributed by atoms with Crippen molar-refractivity contribution in [2.45, 2.75) is 30.7 Å². The summed E-state index contributed by atoms with van der Waals surface area (Å²) in [6.45, 7) is 2.96. The molecular formula is C12H18ClN3O4S. The van der Waals surface area contributed by atoms with E-state index in [1.165, 1.54) is 12.1 Å². The third kappa shape index (κ3) is 4.13. The first-order valence-corrected chi connectivity index (χ1v) is 7.87. The number of aryl methyl sites for hydroxylation is 1. The van der Waals surface area contributed by atoms with E-state index in [2.05, 4.69) is 10.0 Å². The van der Waals surface area contributed by atoms with Gasteiger partial charge in [0, 0.05) is 18.7 Å². The molecule has 1 aromatic rings. The molecule has 0 radical (unpaired) electrons. The first-order chi connectivity index (χ1) is 9.42. The number of rotatable bonds is 4. The zero-order chi connectivity index (χ0) is 14.8. The van der Waals surface area contributed by atoms with Gasteiger partial charge in [0.15, 0.2) is 4.90 Å². The second kappa shape index (κ2) is 7.17. The van der Waals surface area contributed by atoms with E-state index in [-0.39, 0.29) is 29.0 Å². The minimum Gasteiger partial charge on any atom is -0.315 e. The van der Waals surface area contributed by atoms with Crippen LogP contribution in [0.1, 0.15) is 18.4 Å². The van der Waals surface area contributed by atoms with E-state index < -0.39 is 14.9 Å². The molecule has 118 valence electrons. The molecule has 0 amide bonds. The summed E-state index contributed by atoms with van der Waals surface area (Å²) in [5.74, 6) is 0. The molecule has 1 saturated heterocycles. The van der Waals surface area contributed by atoms with E-state index in [0.29, 0.717) is 12.1 Å². The van der Waals surface area contributed by atoms with Crippen molar-refractivity contribution in [1.82, 2.24) is 10.0 Å². The Morgan fingerprint density at radius 2 is 2.14 bits per heavy atom. The second-order valence-corrected chi connectivity index (χ2v) is 6.50. The summed E-state index contributed by atoms with van der Waals surface area (Å²) in [6.07, 6.45) is 1.61. The van der Waals surface area contributed by atoms with Gasteiger partial charge in [0.1, 0.15) is 0 Å². The smallest absolute Gasteiger partial charge is 0.289 e. The number of sulfonamides is 1. The van der Waals surface area contributed by atoms with E-state index in [1.54, 1.807) is 13.0 Å². The third-order valence-corrected chi connectivity index (χ3v) is 4.99. The molecule has 2 N–H and O–H groups in total. The highest BCUT2D eigenvalue weighted by molar-refractivity contribution is 7.89. The van der Waals surface area contributed by atoms with Gasteiger partial charge in [-0.05, 0) is 31.9 Å². The Labute approximate surface area is 129 Å². The number of benzene rings is 1. The van der Waals surface area contributed by atoms with E-state index >= 15 is 0 Å². The Hall–Kier alpha value is -1.22. The Bertz CT molecular complexity index is 615. The highest BCUT2D eigenvalue weighted by Crippen LogP contribution is 2.27. The van der Waals surface area contributed by atoms with Crippen LogP contribution in [0.4, 0.5) is 5.69 Å². The number of halogens is 1. The maximum Gasteiger partial charge on any atom is 0.289 e. The van der Waals surface area contributed by atoms with Crippen molar-refractivity contribution in [1.29, 1.82) is 0 Å². The van der Waals surface area contributed by atoms with Gasteiger partial charge in [0.05, 0.1) is 4.92 Å². The summed E-state index contributed by atoms with van der Waals surface area (Å²) in [6, 6.07) is 4.02. The fraction of sp³-hybridized carbons (Fsp3) is 0.500. The van der Waals surface area contributed by atoms with Crippen LogP contribution in [0.5, 0.6) is 0 Å². The quantitative estimate of drug-likeness (QED) is 0.639. The van der Waals surface area contributed by atoms with Gasteiger partial charge >= 0.3 is 0 Å². The van der Waals surface area contributed by atoms with Crippen molar-refractivity contribution in [3.05, 3.63) is 33.9 Å². The molecule has 0 spiro atoms. The molecule has 1 atom stereocenters. The molecule has 0 saturated carbocycles. The number of hydrogen-bond donors (Lipinski definition) is 2. The summed E-state index contributed by atoms with van der Waals surface area (Å²) in [4.78, 5) is 10.1. The Morgan fingerprint density at radius 1 is 1.43 bits per heavy atom. The molecule has 21 heavy (non-hydrogen) atoms. The summed E-state index contributed by atoms with van der Waals surface area (Å²) in [5.41, 5.74) is -0.0169. The van der Waals surface area contributed by atoms with E-state index in [9.17, 15) is 18.5 Å². The number of nitro groups is 1. The van der Waals surface area contributed by atoms with Crippen LogP contribution in [-0.4, -0.2) is 32.5 Å². The van der Waals surface area contributed by atoms with Crippen molar-refractivity contribution in [3.63, 3.8) is 0 Å². The van der Waals surface area contributed by atoms with Crippen molar-refractivity contribution in [2.24, 2.45) is 0 Å². The van der Waals surface area contributed by atoms with Gasteiger partial charge in [0.2, 0.25) is 10.0 Å². The van der Waals surface area contributed by atoms with Crippen molar-refractivity contribution in [3.8, 4) is 0 Å². The molecule has 7 nitrogen and oxygen atoms in total. The van der Waals surface area contributed by atoms with Crippen LogP contribution < -0.4 is 10.0 Å². The fourth-order valence-corrected chi connectivity index (χ4v) is 4.03. The minimum atomic E-state index is -3.90. The van der Waals surface area contributed by atoms with E-state index in [1.807, 2.05) is 0 Å². The zero-order valence-corrected chi connectivity index (χ0v) is 13.2. The zero-order valence-electron chi connectivity index (χ0n) is 11.5. The summed E-state index contributed by atoms with van der Waals surface area (Å²) >= 11 is 0. The van der Waals surface area contributed by atoms with Gasteiger partial charge in [-0.15, -0.1) is 12.4 Å². The molecule has 1 aliphatic rings. The molecule has 1 fully saturated rings. The first kappa shape index (κ1) is 17.8. The number of piperidine rings is 1. The molecule has 0 aliphatic carbocycles. The van der Waals surface area contributed by atoms with Crippen LogP contribution in [0.15, 0.2) is 23.1 Å². The van der Waals surface area contributed by atoms with E-state index in [4.69, 9.17) is 0 Å². The van der Waals surface area contributed by atoms with Gasteiger partial charge in [0.25, 0.3) is 5.69 Å². The maximum absolute atomic E-state index is 12.4. The highest BCUT2D eigenvalue weighted by atomic mass is 35.5. The first-order valence-electron chi connectivity index (χ1n) is 6.39. The number of hydrogen-bond acceptors (Lipinski definition) is 5. The molecule has 9 heteroatoms. The Balaban J connectivity index is 0.00000220. The lowest BCUT2D eigenvalue weighted by Crippen LogP contribution is -2.45. The standard InChI is InChI=1S/C12H17N3O4S.ClH/c1-9-4-2-6-11(15(16)17)12(9)20(18,19)14-10-5-3-7-13-8-10;/h2,4,6,10,13-14H,3,5,7-8H2,1H3;1H. The maximum atomic E-state index is 12.4. The van der Waals surface area contributed by atoms with Crippen LogP contribution in [0.3, 0.4) is 0 Å². The van der Waals surface area contributed by atoms with Crippen LogP contribution in [0, 0.1) is 17.0 Å². The largest absolute Gasteiger partial charge is 0.315 e. The number of nitro benzene ring substituents is 1. The van der Waals surface area contributed by atoms with Crippen LogP contribution in [0.2, 0.25) is 0 Å². The van der Waals surface area contributed by atoms with Crippen LogP contribution in [0.25, 0.3) is 0 Å². The van der Waals surface area contributed by atoms with Crippen molar-refractivity contribution in [2.75, 3.05) is 13.1 Å². The van der Waals surface area contributed by atoms with E-state index in [0.717, 1.165) is 19.4 Å². The highest BCUT2D eigenvalue weighted by Gasteiger charge is 2.30. The lowest BCUT2D eigenvalue weighted by molar-refractivity contribution is -0.387. The molecule has 1 heterocycles. The summed E-state index contributed by atoms with van der Waals surface area (Å²) in [5, 5.41) is 14.1. The lowest BCUT2D eigenvalue weighted by Gasteiger charge is -2.23. The minimum absolute atomic E-state index is 0. The normalized spacial score (nSPS) is 18.8. The van der Waals surface area contributed by atoms with Crippen molar-refractivity contribution < 1.29 is 13.3 Å². The Morgan fingerprint density at radius 3 is 2.71 bits per heavy atom. The topological polar surface area (TPSA) is 101 Å². The van der Waals surface area contributed by atoms with Gasteiger partial charge in [-0.1, -0.05) is 12.1 Å². The van der Waals surface area contributed by atoms with Gasteiger partial charge in [-0.3, -0.25) is 10.1 Å². The molecule has 0 aromatic heterocycles. The molecule has 2 rings (SSSR count). The molecule has 1 aliphatic heterocycles. The summed E-state index contributed by atoms with van der Waals surface area (Å²) < 4.78 is 27.4. The van der Waals surface area contributed by atoms with Crippen LogP contribution >= 0.6 is 12.4 Å². The predicted octanol–water partition coefficient (Wildman–Crippen LogP) is 1.36. The number of nitrogens with one attached hydrogen (secondary N) is 2. The molecular weight excluding hydrogens is 318 g/mol. The second-order valence-electron chi connectivity index (χ2n) is 4.84. The van der Waals surface area contributed by atoms with Gasteiger partial charge in [-0.2, -0.15) is 0 Å². The van der Waals surface area contributed by atoms with Gasteiger partial charge in [-0.25, -0.2) is 13.1 Å². The SMILES string of the molecule is Cc1cccc([N+](=O)[O-])c1S(=O)(=O)NC1CCCNC1.Cl.